The van der Waals surface area contributed by atoms with Crippen molar-refractivity contribution in [3.8, 4) is 0 Å². The second-order valence-corrected chi connectivity index (χ2v) is 9.86. The van der Waals surface area contributed by atoms with Crippen LogP contribution in [-0.4, -0.2) is 60.2 Å². The van der Waals surface area contributed by atoms with E-state index in [2.05, 4.69) is 9.47 Å². The van der Waals surface area contributed by atoms with Gasteiger partial charge in [0.25, 0.3) is 0 Å². The first kappa shape index (κ1) is 35.7. The summed E-state index contributed by atoms with van der Waals surface area (Å²) in [5.41, 5.74) is -5.77. The summed E-state index contributed by atoms with van der Waals surface area (Å²) in [7, 11) is 0. The third kappa shape index (κ3) is 5.82. The van der Waals surface area contributed by atoms with Crippen molar-refractivity contribution in [2.75, 3.05) is 0 Å². The molecule has 0 saturated heterocycles. The average molecular weight is 592 g/mol. The second-order valence-electron chi connectivity index (χ2n) is 9.86. The largest absolute Gasteiger partial charge is 0.418 e. The van der Waals surface area contributed by atoms with Gasteiger partial charge in [-0.1, -0.05) is 41.5 Å². The molecule has 4 nitrogen and oxygen atoms in total. The number of esters is 2. The Morgan fingerprint density at radius 1 is 0.526 bits per heavy atom. The Morgan fingerprint density at radius 3 is 0.895 bits per heavy atom. The zero-order valence-electron chi connectivity index (χ0n) is 20.2. The Morgan fingerprint density at radius 2 is 0.737 bits per heavy atom. The lowest BCUT2D eigenvalue weighted by Crippen LogP contribution is -2.66. The number of carbonyl (C=O) groups excluding carboxylic acids is 2. The van der Waals surface area contributed by atoms with Crippen LogP contribution in [0.3, 0.4) is 0 Å². The van der Waals surface area contributed by atoms with Crippen molar-refractivity contribution in [1.29, 1.82) is 0 Å². The highest BCUT2D eigenvalue weighted by Gasteiger charge is 2.80. The highest BCUT2D eigenvalue weighted by Crippen LogP contribution is 2.56. The molecule has 18 heteroatoms. The maximum atomic E-state index is 15.0. The fourth-order valence-electron chi connectivity index (χ4n) is 2.56. The van der Waals surface area contributed by atoms with Gasteiger partial charge in [-0.25, -0.2) is 27.2 Å². The van der Waals surface area contributed by atoms with Gasteiger partial charge in [-0.3, -0.25) is 0 Å². The van der Waals surface area contributed by atoms with Crippen molar-refractivity contribution in [3.63, 3.8) is 0 Å². The average Bonchev–Trinajstić information content (AvgIpc) is 2.69. The number of halogens is 14. The second kappa shape index (κ2) is 10.4. The van der Waals surface area contributed by atoms with Crippen LogP contribution in [0.2, 0.25) is 0 Å². The topological polar surface area (TPSA) is 52.6 Å². The molecule has 0 aliphatic rings. The third-order valence-electron chi connectivity index (χ3n) is 4.96. The molecule has 0 fully saturated rings. The van der Waals surface area contributed by atoms with Gasteiger partial charge in [0.1, 0.15) is 0 Å². The maximum absolute atomic E-state index is 15.0. The van der Waals surface area contributed by atoms with Crippen LogP contribution in [-0.2, 0) is 19.1 Å². The molecule has 224 valence electrons. The summed E-state index contributed by atoms with van der Waals surface area (Å²) in [5.74, 6) is -41.3. The van der Waals surface area contributed by atoms with E-state index in [-0.39, 0.29) is 0 Å². The zero-order chi connectivity index (χ0) is 31.1. The molecule has 0 aliphatic carbocycles. The van der Waals surface area contributed by atoms with Gasteiger partial charge in [0, 0.05) is 23.0 Å². The standard InChI is InChI=1S/C20H22F14O4/c1-13(2,3)19(33,17(29,30)15(25,26)11(21)22)37-9(35)7-8-10(36)38-20(34,14(4,5)6)18(31,32)16(27,28)12(23)24/h7-8,11-12H,1-6H3/b8-7+. The van der Waals surface area contributed by atoms with Gasteiger partial charge >= 0.3 is 60.2 Å². The lowest BCUT2D eigenvalue weighted by atomic mass is 9.80. The SMILES string of the molecule is CC(C)(C)C(F)(OC(=O)/C=C/C(=O)OC(F)(C(C)(C)C)C(F)(F)C(F)(F)C(F)F)C(F)(F)C(F)(F)C(F)F. The van der Waals surface area contributed by atoms with Gasteiger partial charge < -0.3 is 9.47 Å². The van der Waals surface area contributed by atoms with Crippen LogP contribution in [0.1, 0.15) is 41.5 Å². The Labute approximate surface area is 206 Å². The van der Waals surface area contributed by atoms with E-state index in [1.165, 1.54) is 0 Å². The van der Waals surface area contributed by atoms with Gasteiger partial charge in [-0.2, -0.15) is 43.9 Å². The van der Waals surface area contributed by atoms with E-state index in [0.29, 0.717) is 41.5 Å². The van der Waals surface area contributed by atoms with Crippen LogP contribution in [0.4, 0.5) is 61.5 Å². The van der Waals surface area contributed by atoms with Crippen molar-refractivity contribution in [3.05, 3.63) is 12.2 Å². The highest BCUT2D eigenvalue weighted by atomic mass is 19.4. The molecule has 0 aliphatic heterocycles. The molecule has 0 radical (unpaired) electrons. The molecule has 0 rings (SSSR count). The minimum Gasteiger partial charge on any atom is -0.418 e. The summed E-state index contributed by atoms with van der Waals surface area (Å²) in [5, 5.41) is 0. The Hall–Kier alpha value is -2.30. The molecule has 0 heterocycles. The minimum atomic E-state index is -6.43. The van der Waals surface area contributed by atoms with Crippen molar-refractivity contribution in [1.82, 2.24) is 0 Å². The first-order valence-corrected chi connectivity index (χ1v) is 9.98. The number of rotatable bonds is 10. The predicted molar refractivity (Wildman–Crippen MR) is 99.7 cm³/mol. The molecular formula is C20H22F14O4. The molecule has 0 aromatic carbocycles. The minimum absolute atomic E-state index is 0.403. The zero-order valence-corrected chi connectivity index (χ0v) is 20.2. The number of ether oxygens (including phenoxy) is 2. The summed E-state index contributed by atoms with van der Waals surface area (Å²) >= 11 is 0. The van der Waals surface area contributed by atoms with Crippen molar-refractivity contribution >= 4 is 11.9 Å². The quantitative estimate of drug-likeness (QED) is 0.154. The van der Waals surface area contributed by atoms with E-state index >= 15 is 8.78 Å². The molecule has 0 bridgehead atoms. The van der Waals surface area contributed by atoms with Crippen LogP contribution in [0.15, 0.2) is 12.2 Å². The van der Waals surface area contributed by atoms with Gasteiger partial charge in [0.15, 0.2) is 0 Å². The first-order valence-electron chi connectivity index (χ1n) is 9.98. The number of carbonyl (C=O) groups is 2. The molecule has 2 unspecified atom stereocenters. The van der Waals surface area contributed by atoms with Crippen LogP contribution in [0.5, 0.6) is 0 Å². The molecule has 2 atom stereocenters. The summed E-state index contributed by atoms with van der Waals surface area (Å²) in [6.45, 7) is 2.42. The molecule has 0 saturated carbocycles. The first-order chi connectivity index (χ1) is 16.4. The molecule has 0 spiro atoms. The van der Waals surface area contributed by atoms with Crippen LogP contribution in [0.25, 0.3) is 0 Å². The summed E-state index contributed by atoms with van der Waals surface area (Å²) in [6, 6.07) is 0. The fourth-order valence-corrected chi connectivity index (χ4v) is 2.56. The number of hydrogen-bond acceptors (Lipinski definition) is 4. The van der Waals surface area contributed by atoms with Gasteiger partial charge in [0.05, 0.1) is 0 Å². The van der Waals surface area contributed by atoms with Crippen LogP contribution in [0, 0.1) is 10.8 Å². The van der Waals surface area contributed by atoms with E-state index in [1.807, 2.05) is 0 Å². The van der Waals surface area contributed by atoms with Crippen molar-refractivity contribution in [2.45, 2.75) is 89.8 Å². The number of alkyl halides is 14. The van der Waals surface area contributed by atoms with E-state index in [0.717, 1.165) is 0 Å². The van der Waals surface area contributed by atoms with Crippen molar-refractivity contribution in [2.24, 2.45) is 10.8 Å². The molecule has 0 aromatic heterocycles. The van der Waals surface area contributed by atoms with Crippen molar-refractivity contribution < 1.29 is 80.5 Å². The molecule has 0 N–H and O–H groups in total. The summed E-state index contributed by atoms with van der Waals surface area (Å²) in [4.78, 5) is 23.6. The van der Waals surface area contributed by atoms with E-state index < -0.39 is 83.2 Å². The van der Waals surface area contributed by atoms with E-state index in [1.54, 1.807) is 0 Å². The molecular weight excluding hydrogens is 570 g/mol. The highest BCUT2D eigenvalue weighted by molar-refractivity contribution is 5.92. The number of hydrogen-bond donors (Lipinski definition) is 0. The maximum Gasteiger partial charge on any atom is 0.384 e. The van der Waals surface area contributed by atoms with Gasteiger partial charge in [0.2, 0.25) is 0 Å². The smallest absolute Gasteiger partial charge is 0.384 e. The van der Waals surface area contributed by atoms with Gasteiger partial charge in [-0.15, -0.1) is 0 Å². The third-order valence-corrected chi connectivity index (χ3v) is 4.96. The Balaban J connectivity index is 6.30. The molecule has 0 amide bonds. The monoisotopic (exact) mass is 592 g/mol. The molecule has 38 heavy (non-hydrogen) atoms. The van der Waals surface area contributed by atoms with Gasteiger partial charge in [-0.05, 0) is 0 Å². The normalized spacial score (nSPS) is 17.9. The molecule has 0 aromatic rings. The van der Waals surface area contributed by atoms with E-state index in [9.17, 15) is 62.3 Å². The Kier molecular flexibility index (Phi) is 9.73. The summed E-state index contributed by atoms with van der Waals surface area (Å²) in [6.07, 6.45) is -11.4. The predicted octanol–water partition coefficient (Wildman–Crippen LogP) is 7.12. The van der Waals surface area contributed by atoms with E-state index in [4.69, 9.17) is 0 Å². The van der Waals surface area contributed by atoms with Crippen LogP contribution < -0.4 is 0 Å². The summed E-state index contributed by atoms with van der Waals surface area (Å²) < 4.78 is 198. The lowest BCUT2D eigenvalue weighted by molar-refractivity contribution is -0.383. The lowest BCUT2D eigenvalue weighted by Gasteiger charge is -2.43. The van der Waals surface area contributed by atoms with Crippen LogP contribution >= 0.6 is 0 Å². The fraction of sp³-hybridized carbons (Fsp3) is 0.800. The Bertz CT molecular complexity index is 832.